The topological polar surface area (TPSA) is 35.2 Å². The van der Waals surface area contributed by atoms with Gasteiger partial charge in [0.2, 0.25) is 0 Å². The summed E-state index contributed by atoms with van der Waals surface area (Å²) in [4.78, 5) is 0. The molecule has 90 valence electrons. The molecule has 0 aliphatic heterocycles. The molecule has 0 saturated carbocycles. The van der Waals surface area contributed by atoms with Crippen LogP contribution in [0.25, 0.3) is 0 Å². The van der Waals surface area contributed by atoms with E-state index in [0.29, 0.717) is 6.61 Å². The summed E-state index contributed by atoms with van der Waals surface area (Å²) in [5.41, 5.74) is 7.28. The summed E-state index contributed by atoms with van der Waals surface area (Å²) >= 11 is 6.02. The van der Waals surface area contributed by atoms with Gasteiger partial charge >= 0.3 is 0 Å². The molecular weight excluding hydrogens is 257 g/mol. The van der Waals surface area contributed by atoms with Gasteiger partial charge in [0.1, 0.15) is 12.4 Å². The van der Waals surface area contributed by atoms with Crippen molar-refractivity contribution in [3.8, 4) is 5.75 Å². The second-order valence-electron chi connectivity index (χ2n) is 3.45. The average Bonchev–Trinajstić information content (AvgIpc) is 2.30. The predicted molar refractivity (Wildman–Crippen MR) is 73.9 cm³/mol. The van der Waals surface area contributed by atoms with E-state index in [0.717, 1.165) is 22.0 Å². The number of nitrogens with two attached hydrogens (primary N) is 1. The Bertz CT molecular complexity index is 471. The first-order valence-electron chi connectivity index (χ1n) is 4.97. The maximum absolute atomic E-state index is 6.02. The SMILES string of the molecule is Cl.Nc1ccc(OCc2ccccc2Cl)cc1. The van der Waals surface area contributed by atoms with E-state index >= 15 is 0 Å². The fourth-order valence-corrected chi connectivity index (χ4v) is 1.53. The fourth-order valence-electron chi connectivity index (χ4n) is 1.34. The lowest BCUT2D eigenvalue weighted by Gasteiger charge is -2.07. The lowest BCUT2D eigenvalue weighted by atomic mass is 10.2. The van der Waals surface area contributed by atoms with E-state index in [1.165, 1.54) is 0 Å². The van der Waals surface area contributed by atoms with Gasteiger partial charge in [0.05, 0.1) is 0 Å². The Morgan fingerprint density at radius 3 is 2.29 bits per heavy atom. The maximum atomic E-state index is 6.02. The zero-order valence-corrected chi connectivity index (χ0v) is 10.7. The second-order valence-corrected chi connectivity index (χ2v) is 3.86. The molecule has 2 nitrogen and oxygen atoms in total. The third-order valence-electron chi connectivity index (χ3n) is 2.23. The summed E-state index contributed by atoms with van der Waals surface area (Å²) in [5, 5.41) is 0.720. The highest BCUT2D eigenvalue weighted by Crippen LogP contribution is 2.19. The van der Waals surface area contributed by atoms with E-state index in [2.05, 4.69) is 0 Å². The van der Waals surface area contributed by atoms with Crippen LogP contribution in [0.2, 0.25) is 5.02 Å². The fraction of sp³-hybridized carbons (Fsp3) is 0.0769. The maximum Gasteiger partial charge on any atom is 0.119 e. The van der Waals surface area contributed by atoms with Crippen LogP contribution in [-0.2, 0) is 6.61 Å². The molecule has 2 N–H and O–H groups in total. The quantitative estimate of drug-likeness (QED) is 0.858. The van der Waals surface area contributed by atoms with Gasteiger partial charge in [-0.15, -0.1) is 12.4 Å². The van der Waals surface area contributed by atoms with Gasteiger partial charge < -0.3 is 10.5 Å². The predicted octanol–water partition coefficient (Wildman–Crippen LogP) is 3.92. The summed E-state index contributed by atoms with van der Waals surface area (Å²) in [6.07, 6.45) is 0. The molecule has 17 heavy (non-hydrogen) atoms. The zero-order chi connectivity index (χ0) is 11.4. The van der Waals surface area contributed by atoms with Gasteiger partial charge in [-0.05, 0) is 30.3 Å². The Morgan fingerprint density at radius 2 is 1.65 bits per heavy atom. The molecule has 0 heterocycles. The molecule has 2 aromatic rings. The summed E-state index contributed by atoms with van der Waals surface area (Å²) in [5.74, 6) is 0.786. The van der Waals surface area contributed by atoms with E-state index < -0.39 is 0 Å². The highest BCUT2D eigenvalue weighted by molar-refractivity contribution is 6.31. The summed E-state index contributed by atoms with van der Waals surface area (Å²) in [7, 11) is 0. The molecule has 2 rings (SSSR count). The Hall–Kier alpha value is -1.38. The number of benzene rings is 2. The van der Waals surface area contributed by atoms with Crippen LogP contribution in [0.3, 0.4) is 0 Å². The summed E-state index contributed by atoms with van der Waals surface area (Å²) in [6, 6.07) is 14.9. The van der Waals surface area contributed by atoms with Gasteiger partial charge in [0, 0.05) is 16.3 Å². The highest BCUT2D eigenvalue weighted by atomic mass is 35.5. The Kier molecular flexibility index (Phi) is 5.13. The van der Waals surface area contributed by atoms with Crippen molar-refractivity contribution in [3.05, 3.63) is 59.1 Å². The molecule has 0 amide bonds. The third kappa shape index (κ3) is 3.84. The van der Waals surface area contributed by atoms with Gasteiger partial charge in [0.25, 0.3) is 0 Å². The smallest absolute Gasteiger partial charge is 0.119 e. The van der Waals surface area contributed by atoms with Crippen molar-refractivity contribution in [2.24, 2.45) is 0 Å². The van der Waals surface area contributed by atoms with Crippen LogP contribution in [0.15, 0.2) is 48.5 Å². The molecule has 0 aliphatic carbocycles. The van der Waals surface area contributed by atoms with E-state index in [-0.39, 0.29) is 12.4 Å². The van der Waals surface area contributed by atoms with E-state index in [1.54, 1.807) is 0 Å². The van der Waals surface area contributed by atoms with Crippen LogP contribution in [0.5, 0.6) is 5.75 Å². The van der Waals surface area contributed by atoms with Gasteiger partial charge in [-0.1, -0.05) is 29.8 Å². The van der Waals surface area contributed by atoms with Crippen LogP contribution >= 0.6 is 24.0 Å². The molecule has 0 saturated heterocycles. The van der Waals surface area contributed by atoms with Crippen molar-refractivity contribution in [3.63, 3.8) is 0 Å². The average molecular weight is 270 g/mol. The number of hydrogen-bond donors (Lipinski definition) is 1. The van der Waals surface area contributed by atoms with Crippen LogP contribution in [-0.4, -0.2) is 0 Å². The number of ether oxygens (including phenoxy) is 1. The summed E-state index contributed by atoms with van der Waals surface area (Å²) < 4.78 is 5.59. The number of rotatable bonds is 3. The minimum Gasteiger partial charge on any atom is -0.489 e. The molecular formula is C13H13Cl2NO. The van der Waals surface area contributed by atoms with Crippen LogP contribution < -0.4 is 10.5 Å². The van der Waals surface area contributed by atoms with Crippen LogP contribution in [0, 0.1) is 0 Å². The van der Waals surface area contributed by atoms with Crippen LogP contribution in [0.1, 0.15) is 5.56 Å². The highest BCUT2D eigenvalue weighted by Gasteiger charge is 1.99. The lowest BCUT2D eigenvalue weighted by Crippen LogP contribution is -1.96. The zero-order valence-electron chi connectivity index (χ0n) is 9.10. The Labute approximate surface area is 112 Å². The molecule has 2 aromatic carbocycles. The van der Waals surface area contributed by atoms with Crippen molar-refractivity contribution in [1.29, 1.82) is 0 Å². The van der Waals surface area contributed by atoms with Gasteiger partial charge in [-0.2, -0.15) is 0 Å². The largest absolute Gasteiger partial charge is 0.489 e. The first-order chi connectivity index (χ1) is 7.75. The Morgan fingerprint density at radius 1 is 1.00 bits per heavy atom. The van der Waals surface area contributed by atoms with Crippen molar-refractivity contribution in [1.82, 2.24) is 0 Å². The normalized spacial score (nSPS) is 9.47. The first-order valence-corrected chi connectivity index (χ1v) is 5.35. The minimum atomic E-state index is 0. The standard InChI is InChI=1S/C13H12ClNO.ClH/c14-13-4-2-1-3-10(13)9-16-12-7-5-11(15)6-8-12;/h1-8H,9,15H2;1H. The molecule has 0 aromatic heterocycles. The van der Waals surface area contributed by atoms with Crippen molar-refractivity contribution in [2.45, 2.75) is 6.61 Å². The molecule has 0 radical (unpaired) electrons. The van der Waals surface area contributed by atoms with E-state index in [4.69, 9.17) is 22.1 Å². The Balaban J connectivity index is 0.00000144. The number of anilines is 1. The van der Waals surface area contributed by atoms with Crippen LogP contribution in [0.4, 0.5) is 5.69 Å². The number of nitrogen functional groups attached to an aromatic ring is 1. The molecule has 0 spiro atoms. The number of hydrogen-bond acceptors (Lipinski definition) is 2. The van der Waals surface area contributed by atoms with Crippen molar-refractivity contribution >= 4 is 29.7 Å². The number of halogens is 2. The third-order valence-corrected chi connectivity index (χ3v) is 2.60. The molecule has 0 unspecified atom stereocenters. The van der Waals surface area contributed by atoms with Crippen molar-refractivity contribution < 1.29 is 4.74 Å². The first kappa shape index (κ1) is 13.7. The molecule has 0 atom stereocenters. The van der Waals surface area contributed by atoms with E-state index in [9.17, 15) is 0 Å². The minimum absolute atomic E-state index is 0. The molecule has 0 bridgehead atoms. The molecule has 0 fully saturated rings. The van der Waals surface area contributed by atoms with Gasteiger partial charge in [-0.3, -0.25) is 0 Å². The monoisotopic (exact) mass is 269 g/mol. The van der Waals surface area contributed by atoms with Gasteiger partial charge in [0.15, 0.2) is 0 Å². The summed E-state index contributed by atoms with van der Waals surface area (Å²) in [6.45, 7) is 0.462. The second kappa shape index (κ2) is 6.38. The van der Waals surface area contributed by atoms with Gasteiger partial charge in [-0.25, -0.2) is 0 Å². The molecule has 4 heteroatoms. The molecule has 0 aliphatic rings. The van der Waals surface area contributed by atoms with E-state index in [1.807, 2.05) is 48.5 Å². The lowest BCUT2D eigenvalue weighted by molar-refractivity contribution is 0.306. The van der Waals surface area contributed by atoms with Crippen molar-refractivity contribution in [2.75, 3.05) is 5.73 Å².